The SMILES string of the molecule is CNC(=O)c1c(-c2ccc(F)cc2)oc2ccc(-c3cc(C(=O)NC4(c5ccc(F)cc5)CC4)ccc3CN)cc12. The molecular formula is C33H27F2N3O3. The van der Waals surface area contributed by atoms with Gasteiger partial charge in [-0.1, -0.05) is 24.3 Å². The number of benzene rings is 4. The van der Waals surface area contributed by atoms with E-state index in [4.69, 9.17) is 10.2 Å². The van der Waals surface area contributed by atoms with Gasteiger partial charge in [-0.05, 0) is 95.8 Å². The normalized spacial score (nSPS) is 13.7. The minimum atomic E-state index is -0.508. The van der Waals surface area contributed by atoms with E-state index in [1.165, 1.54) is 31.3 Å². The average molecular weight is 552 g/mol. The third kappa shape index (κ3) is 4.87. The number of halogens is 2. The molecule has 4 aromatic carbocycles. The molecule has 1 aliphatic rings. The van der Waals surface area contributed by atoms with Crippen molar-refractivity contribution in [2.45, 2.75) is 24.9 Å². The molecule has 1 aliphatic carbocycles. The summed E-state index contributed by atoms with van der Waals surface area (Å²) in [5.74, 6) is -0.971. The molecule has 4 N–H and O–H groups in total. The Balaban J connectivity index is 1.39. The van der Waals surface area contributed by atoms with E-state index in [1.807, 2.05) is 18.2 Å². The summed E-state index contributed by atoms with van der Waals surface area (Å²) in [4.78, 5) is 26.4. The van der Waals surface area contributed by atoms with Gasteiger partial charge >= 0.3 is 0 Å². The Morgan fingerprint density at radius 3 is 2.15 bits per heavy atom. The number of carbonyl (C=O) groups excluding carboxylic acids is 2. The van der Waals surface area contributed by atoms with E-state index in [0.717, 1.165) is 35.1 Å². The van der Waals surface area contributed by atoms with Crippen LogP contribution in [0.25, 0.3) is 33.4 Å². The highest BCUT2D eigenvalue weighted by Crippen LogP contribution is 2.46. The van der Waals surface area contributed by atoms with Crippen molar-refractivity contribution < 1.29 is 22.8 Å². The number of hydrogen-bond acceptors (Lipinski definition) is 4. The molecular weight excluding hydrogens is 524 g/mol. The highest BCUT2D eigenvalue weighted by Gasteiger charge is 2.45. The number of furan rings is 1. The second-order valence-electron chi connectivity index (χ2n) is 10.2. The zero-order valence-corrected chi connectivity index (χ0v) is 22.3. The lowest BCUT2D eigenvalue weighted by Gasteiger charge is -2.19. The number of amides is 2. The van der Waals surface area contributed by atoms with Gasteiger partial charge in [0.05, 0.1) is 11.1 Å². The van der Waals surface area contributed by atoms with Crippen LogP contribution in [0.5, 0.6) is 0 Å². The molecule has 0 unspecified atom stereocenters. The molecule has 1 heterocycles. The van der Waals surface area contributed by atoms with Gasteiger partial charge in [0, 0.05) is 30.1 Å². The third-order valence-electron chi connectivity index (χ3n) is 7.65. The first-order valence-corrected chi connectivity index (χ1v) is 13.3. The molecule has 8 heteroatoms. The fourth-order valence-corrected chi connectivity index (χ4v) is 5.25. The molecule has 0 saturated heterocycles. The lowest BCUT2D eigenvalue weighted by atomic mass is 9.94. The predicted octanol–water partition coefficient (Wildman–Crippen LogP) is 6.28. The summed E-state index contributed by atoms with van der Waals surface area (Å²) < 4.78 is 33.1. The van der Waals surface area contributed by atoms with Crippen molar-refractivity contribution >= 4 is 22.8 Å². The smallest absolute Gasteiger partial charge is 0.255 e. The maximum absolute atomic E-state index is 13.6. The zero-order chi connectivity index (χ0) is 28.7. The second kappa shape index (κ2) is 10.3. The van der Waals surface area contributed by atoms with Crippen molar-refractivity contribution in [1.29, 1.82) is 0 Å². The molecule has 0 atom stereocenters. The van der Waals surface area contributed by atoms with Crippen LogP contribution in [0.15, 0.2) is 89.3 Å². The summed E-state index contributed by atoms with van der Waals surface area (Å²) in [7, 11) is 1.53. The van der Waals surface area contributed by atoms with Crippen LogP contribution in [-0.2, 0) is 12.1 Å². The first-order valence-electron chi connectivity index (χ1n) is 13.3. The van der Waals surface area contributed by atoms with Crippen LogP contribution in [0.2, 0.25) is 0 Å². The first kappa shape index (κ1) is 26.4. The van der Waals surface area contributed by atoms with Crippen LogP contribution in [0, 0.1) is 11.6 Å². The quantitative estimate of drug-likeness (QED) is 0.222. The Labute approximate surface area is 235 Å². The number of nitrogens with one attached hydrogen (secondary N) is 2. The van der Waals surface area contributed by atoms with E-state index in [1.54, 1.807) is 42.5 Å². The maximum atomic E-state index is 13.6. The fraction of sp³-hybridized carbons (Fsp3) is 0.152. The highest BCUT2D eigenvalue weighted by atomic mass is 19.1. The molecule has 5 aromatic rings. The van der Waals surface area contributed by atoms with Gasteiger partial charge in [0.25, 0.3) is 11.8 Å². The molecule has 0 spiro atoms. The van der Waals surface area contributed by atoms with E-state index in [0.29, 0.717) is 33.4 Å². The molecule has 206 valence electrons. The molecule has 0 aliphatic heterocycles. The minimum Gasteiger partial charge on any atom is -0.455 e. The topological polar surface area (TPSA) is 97.4 Å². The van der Waals surface area contributed by atoms with E-state index in [9.17, 15) is 18.4 Å². The Kier molecular flexibility index (Phi) is 6.63. The number of rotatable bonds is 7. The summed E-state index contributed by atoms with van der Waals surface area (Å²) in [5.41, 5.74) is 10.6. The minimum absolute atomic E-state index is 0.239. The average Bonchev–Trinajstić information content (AvgIpc) is 3.67. The molecule has 2 amide bonds. The first-order chi connectivity index (χ1) is 19.8. The van der Waals surface area contributed by atoms with Crippen molar-refractivity contribution in [3.8, 4) is 22.5 Å². The van der Waals surface area contributed by atoms with Gasteiger partial charge in [-0.3, -0.25) is 9.59 Å². The summed E-state index contributed by atoms with van der Waals surface area (Å²) >= 11 is 0. The van der Waals surface area contributed by atoms with Crippen molar-refractivity contribution in [2.24, 2.45) is 5.73 Å². The Bertz CT molecular complexity index is 1790. The van der Waals surface area contributed by atoms with Gasteiger partial charge in [-0.2, -0.15) is 0 Å². The van der Waals surface area contributed by atoms with E-state index in [2.05, 4.69) is 10.6 Å². The van der Waals surface area contributed by atoms with Gasteiger partial charge in [0.15, 0.2) is 0 Å². The van der Waals surface area contributed by atoms with Gasteiger partial charge in [0.1, 0.15) is 23.0 Å². The summed E-state index contributed by atoms with van der Waals surface area (Å²) in [6, 6.07) is 22.8. The Morgan fingerprint density at radius 1 is 0.854 bits per heavy atom. The lowest BCUT2D eigenvalue weighted by molar-refractivity contribution is 0.0929. The Hall–Kier alpha value is -4.82. The van der Waals surface area contributed by atoms with Crippen LogP contribution in [0.1, 0.15) is 44.7 Å². The van der Waals surface area contributed by atoms with E-state index >= 15 is 0 Å². The van der Waals surface area contributed by atoms with Gasteiger partial charge in [-0.15, -0.1) is 0 Å². The summed E-state index contributed by atoms with van der Waals surface area (Å²) in [6.45, 7) is 0.239. The molecule has 6 rings (SSSR count). The Morgan fingerprint density at radius 2 is 1.51 bits per heavy atom. The maximum Gasteiger partial charge on any atom is 0.255 e. The standard InChI is InChI=1S/C33H27F2N3O3/c1-37-32(40)29-27-16-20(6-13-28(27)41-30(29)19-4-9-24(34)10-5-19)26-17-21(2-3-22(26)18-36)31(39)38-33(14-15-33)23-7-11-25(35)12-8-23/h2-13,16-17H,14-15,18,36H2,1H3,(H,37,40)(H,38,39). The zero-order valence-electron chi connectivity index (χ0n) is 22.3. The highest BCUT2D eigenvalue weighted by molar-refractivity contribution is 6.12. The molecule has 41 heavy (non-hydrogen) atoms. The largest absolute Gasteiger partial charge is 0.455 e. The van der Waals surface area contributed by atoms with Crippen molar-refractivity contribution in [3.05, 3.63) is 119 Å². The van der Waals surface area contributed by atoms with E-state index < -0.39 is 11.4 Å². The third-order valence-corrected chi connectivity index (χ3v) is 7.65. The number of hydrogen-bond donors (Lipinski definition) is 3. The molecule has 1 fully saturated rings. The molecule has 1 saturated carbocycles. The molecule has 0 bridgehead atoms. The second-order valence-corrected chi connectivity index (χ2v) is 10.2. The van der Waals surface area contributed by atoms with Gasteiger partial charge in [0.2, 0.25) is 0 Å². The number of nitrogens with two attached hydrogens (primary N) is 1. The fourth-order valence-electron chi connectivity index (χ4n) is 5.25. The monoisotopic (exact) mass is 551 g/mol. The van der Waals surface area contributed by atoms with Crippen LogP contribution in [0.3, 0.4) is 0 Å². The van der Waals surface area contributed by atoms with Crippen molar-refractivity contribution in [3.63, 3.8) is 0 Å². The lowest BCUT2D eigenvalue weighted by Crippen LogP contribution is -2.34. The van der Waals surface area contributed by atoms with Crippen LogP contribution in [-0.4, -0.2) is 18.9 Å². The van der Waals surface area contributed by atoms with E-state index in [-0.39, 0.29) is 24.2 Å². The molecule has 6 nitrogen and oxygen atoms in total. The predicted molar refractivity (Wildman–Crippen MR) is 153 cm³/mol. The van der Waals surface area contributed by atoms with Crippen molar-refractivity contribution in [1.82, 2.24) is 10.6 Å². The van der Waals surface area contributed by atoms with Crippen LogP contribution >= 0.6 is 0 Å². The van der Waals surface area contributed by atoms with Crippen molar-refractivity contribution in [2.75, 3.05) is 7.05 Å². The summed E-state index contributed by atoms with van der Waals surface area (Å²) in [6.07, 6.45) is 1.54. The van der Waals surface area contributed by atoms with Gasteiger partial charge < -0.3 is 20.8 Å². The number of fused-ring (bicyclic) bond motifs is 1. The van der Waals surface area contributed by atoms with Crippen LogP contribution < -0.4 is 16.4 Å². The molecule has 0 radical (unpaired) electrons. The number of carbonyl (C=O) groups is 2. The summed E-state index contributed by atoms with van der Waals surface area (Å²) in [5, 5.41) is 6.38. The van der Waals surface area contributed by atoms with Gasteiger partial charge in [-0.25, -0.2) is 8.78 Å². The molecule has 1 aromatic heterocycles. The van der Waals surface area contributed by atoms with Crippen LogP contribution in [0.4, 0.5) is 8.78 Å².